The molecule has 0 saturated carbocycles. The van der Waals surface area contributed by atoms with Crippen molar-refractivity contribution < 1.29 is 9.90 Å². The highest BCUT2D eigenvalue weighted by Gasteiger charge is 2.23. The van der Waals surface area contributed by atoms with Crippen molar-refractivity contribution in [2.45, 2.75) is 12.5 Å². The molecule has 0 saturated heterocycles. The monoisotopic (exact) mass is 424 g/mol. The lowest BCUT2D eigenvalue weighted by molar-refractivity contribution is 0.0928. The first kappa shape index (κ1) is 19.0. The second-order valence-corrected chi connectivity index (χ2v) is 7.90. The van der Waals surface area contributed by atoms with Crippen LogP contribution in [0.1, 0.15) is 27.7 Å². The number of hydrogen-bond donors (Lipinski definition) is 3. The van der Waals surface area contributed by atoms with Gasteiger partial charge in [-0.25, -0.2) is 9.97 Å². The van der Waals surface area contributed by atoms with E-state index in [4.69, 9.17) is 0 Å². The fourth-order valence-electron chi connectivity index (χ4n) is 2.87. The van der Waals surface area contributed by atoms with Crippen LogP contribution in [0.25, 0.3) is 10.8 Å². The number of benzene rings is 1. The minimum Gasteiger partial charge on any atom is -0.501 e. The van der Waals surface area contributed by atoms with Gasteiger partial charge in [0.05, 0.1) is 6.04 Å². The van der Waals surface area contributed by atoms with Crippen LogP contribution in [-0.2, 0) is 6.42 Å². The van der Waals surface area contributed by atoms with Crippen molar-refractivity contribution in [3.05, 3.63) is 85.9 Å². The fourth-order valence-corrected chi connectivity index (χ4v) is 4.16. The molecule has 0 bridgehead atoms. The van der Waals surface area contributed by atoms with E-state index in [9.17, 15) is 14.7 Å². The van der Waals surface area contributed by atoms with Crippen LogP contribution in [-0.4, -0.2) is 26.0 Å². The molecule has 1 aromatic carbocycles. The maximum Gasteiger partial charge on any atom is 0.294 e. The Morgan fingerprint density at radius 3 is 2.72 bits per heavy atom. The summed E-state index contributed by atoms with van der Waals surface area (Å²) in [6.45, 7) is 0. The van der Waals surface area contributed by atoms with Gasteiger partial charge in [0.25, 0.3) is 11.5 Å². The number of thiophene rings is 1. The highest BCUT2D eigenvalue weighted by atomic mass is 32.1. The molecule has 29 heavy (non-hydrogen) atoms. The van der Waals surface area contributed by atoms with Crippen LogP contribution < -0.4 is 10.9 Å². The molecule has 4 aromatic rings. The highest BCUT2D eigenvalue weighted by molar-refractivity contribution is 7.13. The molecule has 1 unspecified atom stereocenters. The largest absolute Gasteiger partial charge is 0.501 e. The van der Waals surface area contributed by atoms with Crippen molar-refractivity contribution in [2.24, 2.45) is 0 Å². The Labute approximate surface area is 173 Å². The van der Waals surface area contributed by atoms with Gasteiger partial charge in [-0.2, -0.15) is 11.3 Å². The predicted molar refractivity (Wildman–Crippen MR) is 112 cm³/mol. The topological polar surface area (TPSA) is 108 Å². The first-order valence-corrected chi connectivity index (χ1v) is 10.5. The molecule has 0 radical (unpaired) electrons. The standard InChI is InChI=1S/C20H16N4O3S2/c25-16-15(23-17(24-19(16)27)20-21-7-9-29-20)18(26)22-14(13-6-8-28-11-13)10-12-4-2-1-3-5-12/h1-9,11,14,25H,10H2,(H,22,26)(H,23,24,27). The van der Waals surface area contributed by atoms with Gasteiger partial charge in [-0.15, -0.1) is 11.3 Å². The molecule has 0 spiro atoms. The second kappa shape index (κ2) is 8.38. The number of nitrogens with one attached hydrogen (secondary N) is 2. The SMILES string of the molecule is O=C(NC(Cc1ccccc1)c1ccsc1)c1nc(-c2nccs2)[nH]c(=O)c1O. The Bertz CT molecular complexity index is 1160. The Morgan fingerprint density at radius 1 is 1.21 bits per heavy atom. The van der Waals surface area contributed by atoms with Gasteiger partial charge in [0.1, 0.15) is 0 Å². The first-order valence-electron chi connectivity index (χ1n) is 8.72. The van der Waals surface area contributed by atoms with Crippen molar-refractivity contribution in [1.29, 1.82) is 0 Å². The van der Waals surface area contributed by atoms with E-state index in [1.165, 1.54) is 22.7 Å². The third-order valence-electron chi connectivity index (χ3n) is 4.28. The number of aromatic nitrogens is 3. The Balaban J connectivity index is 1.65. The van der Waals surface area contributed by atoms with Gasteiger partial charge in [0.15, 0.2) is 16.5 Å². The molecule has 1 amide bonds. The molecule has 3 N–H and O–H groups in total. The van der Waals surface area contributed by atoms with E-state index in [1.54, 1.807) is 11.6 Å². The molecule has 3 aromatic heterocycles. The average molecular weight is 425 g/mol. The van der Waals surface area contributed by atoms with Gasteiger partial charge in [-0.05, 0) is 34.4 Å². The zero-order chi connectivity index (χ0) is 20.2. The van der Waals surface area contributed by atoms with Crippen molar-refractivity contribution in [2.75, 3.05) is 0 Å². The quantitative estimate of drug-likeness (QED) is 0.440. The van der Waals surface area contributed by atoms with E-state index in [1.807, 2.05) is 47.2 Å². The van der Waals surface area contributed by atoms with Crippen LogP contribution in [0.3, 0.4) is 0 Å². The minimum atomic E-state index is -0.787. The van der Waals surface area contributed by atoms with E-state index < -0.39 is 17.2 Å². The summed E-state index contributed by atoms with van der Waals surface area (Å²) in [6, 6.07) is 11.4. The molecule has 0 fully saturated rings. The molecular weight excluding hydrogens is 408 g/mol. The Hall–Kier alpha value is -3.30. The lowest BCUT2D eigenvalue weighted by Crippen LogP contribution is -2.31. The normalized spacial score (nSPS) is 11.9. The zero-order valence-electron chi connectivity index (χ0n) is 15.0. The van der Waals surface area contributed by atoms with Crippen molar-refractivity contribution in [1.82, 2.24) is 20.3 Å². The molecule has 0 aliphatic rings. The number of nitrogens with zero attached hydrogens (tertiary/aromatic N) is 2. The van der Waals surface area contributed by atoms with Crippen molar-refractivity contribution in [3.8, 4) is 16.6 Å². The summed E-state index contributed by atoms with van der Waals surface area (Å²) < 4.78 is 0. The lowest BCUT2D eigenvalue weighted by atomic mass is 10.0. The predicted octanol–water partition coefficient (Wildman–Crippen LogP) is 3.37. The van der Waals surface area contributed by atoms with Crippen LogP contribution in [0.4, 0.5) is 0 Å². The van der Waals surface area contributed by atoms with Gasteiger partial charge in [-0.1, -0.05) is 30.3 Å². The number of carbonyl (C=O) groups excluding carboxylic acids is 1. The van der Waals surface area contributed by atoms with Crippen LogP contribution in [0.2, 0.25) is 0 Å². The number of thiazole rings is 1. The van der Waals surface area contributed by atoms with Crippen LogP contribution >= 0.6 is 22.7 Å². The van der Waals surface area contributed by atoms with E-state index in [2.05, 4.69) is 20.3 Å². The number of hydrogen-bond acceptors (Lipinski definition) is 7. The van der Waals surface area contributed by atoms with Crippen LogP contribution in [0.5, 0.6) is 5.75 Å². The number of amides is 1. The third kappa shape index (κ3) is 4.25. The average Bonchev–Trinajstić information content (AvgIpc) is 3.44. The Kier molecular flexibility index (Phi) is 5.50. The highest BCUT2D eigenvalue weighted by Crippen LogP contribution is 2.23. The van der Waals surface area contributed by atoms with Crippen molar-refractivity contribution >= 4 is 28.6 Å². The summed E-state index contributed by atoms with van der Waals surface area (Å²) in [7, 11) is 0. The zero-order valence-corrected chi connectivity index (χ0v) is 16.7. The third-order valence-corrected chi connectivity index (χ3v) is 5.76. The first-order chi connectivity index (χ1) is 14.1. The Morgan fingerprint density at radius 2 is 2.03 bits per heavy atom. The van der Waals surface area contributed by atoms with Gasteiger partial charge in [-0.3, -0.25) is 9.59 Å². The van der Waals surface area contributed by atoms with Gasteiger partial charge >= 0.3 is 0 Å². The number of aromatic amines is 1. The number of rotatable bonds is 6. The summed E-state index contributed by atoms with van der Waals surface area (Å²) in [5.74, 6) is -1.20. The smallest absolute Gasteiger partial charge is 0.294 e. The summed E-state index contributed by atoms with van der Waals surface area (Å²) in [5.41, 5.74) is 0.880. The summed E-state index contributed by atoms with van der Waals surface area (Å²) in [5, 5.41) is 19.1. The van der Waals surface area contributed by atoms with E-state index in [0.717, 1.165) is 11.1 Å². The molecular formula is C20H16N4O3S2. The lowest BCUT2D eigenvalue weighted by Gasteiger charge is -2.18. The number of H-pyrrole nitrogens is 1. The summed E-state index contributed by atoms with van der Waals surface area (Å²) >= 11 is 2.80. The second-order valence-electron chi connectivity index (χ2n) is 6.22. The molecule has 3 heterocycles. The molecule has 1 atom stereocenters. The molecule has 7 nitrogen and oxygen atoms in total. The van der Waals surface area contributed by atoms with Crippen LogP contribution in [0, 0.1) is 0 Å². The molecule has 146 valence electrons. The van der Waals surface area contributed by atoms with Gasteiger partial charge < -0.3 is 15.4 Å². The van der Waals surface area contributed by atoms with Crippen molar-refractivity contribution in [3.63, 3.8) is 0 Å². The fraction of sp³-hybridized carbons (Fsp3) is 0.100. The molecule has 4 rings (SSSR count). The minimum absolute atomic E-state index is 0.142. The molecule has 9 heteroatoms. The summed E-state index contributed by atoms with van der Waals surface area (Å²) in [4.78, 5) is 35.7. The summed E-state index contributed by atoms with van der Waals surface area (Å²) in [6.07, 6.45) is 2.13. The van der Waals surface area contributed by atoms with Crippen LogP contribution in [0.15, 0.2) is 63.5 Å². The van der Waals surface area contributed by atoms with E-state index in [-0.39, 0.29) is 17.6 Å². The van der Waals surface area contributed by atoms with Gasteiger partial charge in [0.2, 0.25) is 5.75 Å². The van der Waals surface area contributed by atoms with Gasteiger partial charge in [0, 0.05) is 11.6 Å². The van der Waals surface area contributed by atoms with E-state index >= 15 is 0 Å². The maximum absolute atomic E-state index is 12.9. The number of carbonyl (C=O) groups is 1. The molecule has 0 aliphatic heterocycles. The van der Waals surface area contributed by atoms with E-state index in [0.29, 0.717) is 11.4 Å². The number of aromatic hydroxyl groups is 1. The molecule has 0 aliphatic carbocycles. The maximum atomic E-state index is 12.9.